The molecule has 0 aliphatic carbocycles. The molecular formula is C36H51F6N9O9. The van der Waals surface area contributed by atoms with Gasteiger partial charge < -0.3 is 59.9 Å². The Kier molecular flexibility index (Phi) is 23.4. The SMILES string of the molecule is Cc1cc(O)cc(C)c1CC(NC(=O)C(N)CCCN=C(N)N)C(=O)NC(CCCCN)C(=O)NC(Cc1ccccc1)C(N)=O.O=C(O)C(F)(F)F.O=C(O)C(F)(F)F. The Morgan fingerprint density at radius 2 is 1.17 bits per heavy atom. The van der Waals surface area contributed by atoms with Crippen LogP contribution >= 0.6 is 0 Å². The van der Waals surface area contributed by atoms with Gasteiger partial charge in [-0.15, -0.1) is 0 Å². The molecule has 2 aromatic carbocycles. The maximum absolute atomic E-state index is 13.8. The van der Waals surface area contributed by atoms with Crippen molar-refractivity contribution in [2.75, 3.05) is 13.1 Å². The number of carbonyl (C=O) groups excluding carboxylic acids is 4. The minimum absolute atomic E-state index is 0.0608. The van der Waals surface area contributed by atoms with E-state index in [1.165, 1.54) is 0 Å². The number of aliphatic carboxylic acids is 2. The molecule has 0 aliphatic heterocycles. The van der Waals surface area contributed by atoms with E-state index in [1.807, 2.05) is 30.3 Å². The molecule has 4 amide bonds. The maximum atomic E-state index is 13.8. The van der Waals surface area contributed by atoms with Crippen LogP contribution in [0.15, 0.2) is 47.5 Å². The van der Waals surface area contributed by atoms with Crippen LogP contribution in [-0.2, 0) is 41.6 Å². The second-order valence-corrected chi connectivity index (χ2v) is 13.0. The van der Waals surface area contributed by atoms with Crippen molar-refractivity contribution in [2.24, 2.45) is 33.7 Å². The fraction of sp³-hybridized carbons (Fsp3) is 0.472. The van der Waals surface area contributed by atoms with E-state index >= 15 is 0 Å². The Hall–Kier alpha value is -6.17. The van der Waals surface area contributed by atoms with Crippen LogP contribution in [0.4, 0.5) is 26.3 Å². The van der Waals surface area contributed by atoms with E-state index in [2.05, 4.69) is 20.9 Å². The van der Waals surface area contributed by atoms with Crippen LogP contribution in [0, 0.1) is 13.8 Å². The number of nitrogens with one attached hydrogen (secondary N) is 3. The van der Waals surface area contributed by atoms with Gasteiger partial charge >= 0.3 is 24.3 Å². The van der Waals surface area contributed by atoms with Gasteiger partial charge in [0.1, 0.15) is 23.9 Å². The summed E-state index contributed by atoms with van der Waals surface area (Å²) in [5, 5.41) is 32.5. The van der Waals surface area contributed by atoms with Crippen molar-refractivity contribution < 1.29 is 70.4 Å². The summed E-state index contributed by atoms with van der Waals surface area (Å²) in [5.74, 6) is -8.02. The zero-order valence-corrected chi connectivity index (χ0v) is 32.6. The lowest BCUT2D eigenvalue weighted by atomic mass is 9.95. The number of aryl methyl sites for hydroxylation is 2. The van der Waals surface area contributed by atoms with Gasteiger partial charge in [-0.05, 0) is 86.9 Å². The number of halogens is 6. The molecule has 60 heavy (non-hydrogen) atoms. The number of phenols is 1. The molecule has 0 saturated carbocycles. The first-order valence-electron chi connectivity index (χ1n) is 17.9. The number of benzene rings is 2. The third-order valence-electron chi connectivity index (χ3n) is 8.03. The molecule has 336 valence electrons. The minimum atomic E-state index is -5.08. The quantitative estimate of drug-likeness (QED) is 0.0397. The number of guanidine groups is 1. The van der Waals surface area contributed by atoms with Crippen molar-refractivity contribution in [1.29, 1.82) is 0 Å². The molecule has 0 saturated heterocycles. The molecule has 0 aliphatic rings. The number of unbranched alkanes of at least 4 members (excludes halogenated alkanes) is 1. The first kappa shape index (κ1) is 53.8. The lowest BCUT2D eigenvalue weighted by Gasteiger charge is -2.26. The molecule has 4 unspecified atom stereocenters. The van der Waals surface area contributed by atoms with Gasteiger partial charge in [0.05, 0.1) is 6.04 Å². The number of aliphatic imine (C=N–C) groups is 1. The van der Waals surface area contributed by atoms with Crippen LogP contribution in [0.5, 0.6) is 5.75 Å². The molecule has 0 heterocycles. The van der Waals surface area contributed by atoms with Crippen LogP contribution in [-0.4, -0.2) is 106 Å². The smallest absolute Gasteiger partial charge is 0.490 e. The van der Waals surface area contributed by atoms with E-state index in [4.69, 9.17) is 48.5 Å². The number of rotatable bonds is 19. The highest BCUT2D eigenvalue weighted by Crippen LogP contribution is 2.22. The predicted molar refractivity (Wildman–Crippen MR) is 205 cm³/mol. The van der Waals surface area contributed by atoms with E-state index in [0.29, 0.717) is 36.9 Å². The molecule has 0 aromatic heterocycles. The number of hydrogen-bond donors (Lipinski definition) is 11. The van der Waals surface area contributed by atoms with Crippen LogP contribution in [0.1, 0.15) is 54.4 Å². The largest absolute Gasteiger partial charge is 0.508 e. The van der Waals surface area contributed by atoms with Gasteiger partial charge in [0.25, 0.3) is 0 Å². The average molecular weight is 868 g/mol. The van der Waals surface area contributed by atoms with Crippen molar-refractivity contribution in [3.63, 3.8) is 0 Å². The topological polar surface area (TPSA) is 342 Å². The van der Waals surface area contributed by atoms with E-state index in [-0.39, 0.29) is 43.9 Å². The average Bonchev–Trinajstić information content (AvgIpc) is 3.13. The van der Waals surface area contributed by atoms with E-state index < -0.39 is 72.1 Å². The second-order valence-electron chi connectivity index (χ2n) is 13.0. The number of carbonyl (C=O) groups is 6. The Bertz CT molecular complexity index is 1710. The maximum Gasteiger partial charge on any atom is 0.490 e. The monoisotopic (exact) mass is 867 g/mol. The van der Waals surface area contributed by atoms with Gasteiger partial charge in [-0.3, -0.25) is 24.2 Å². The number of primary amides is 1. The minimum Gasteiger partial charge on any atom is -0.508 e. The summed E-state index contributed by atoms with van der Waals surface area (Å²) < 4.78 is 63.5. The number of alkyl halides is 6. The molecule has 16 N–H and O–H groups in total. The van der Waals surface area contributed by atoms with Crippen LogP contribution < -0.4 is 44.6 Å². The van der Waals surface area contributed by atoms with Gasteiger partial charge in [0.2, 0.25) is 23.6 Å². The molecule has 0 bridgehead atoms. The van der Waals surface area contributed by atoms with Crippen molar-refractivity contribution in [3.05, 3.63) is 64.7 Å². The number of hydrogen-bond acceptors (Lipinski definition) is 10. The molecule has 24 heteroatoms. The first-order valence-corrected chi connectivity index (χ1v) is 17.9. The molecule has 0 spiro atoms. The molecule has 2 rings (SSSR count). The summed E-state index contributed by atoms with van der Waals surface area (Å²) in [7, 11) is 0. The van der Waals surface area contributed by atoms with Crippen molar-refractivity contribution >= 4 is 41.5 Å². The summed E-state index contributed by atoms with van der Waals surface area (Å²) >= 11 is 0. The number of carboxylic acids is 2. The summed E-state index contributed by atoms with van der Waals surface area (Å²) in [6.45, 7) is 4.25. The third kappa shape index (κ3) is 22.1. The van der Waals surface area contributed by atoms with Crippen LogP contribution in [0.25, 0.3) is 0 Å². The lowest BCUT2D eigenvalue weighted by Crippen LogP contribution is -2.58. The number of aromatic hydroxyl groups is 1. The zero-order chi connectivity index (χ0) is 46.4. The summed E-state index contributed by atoms with van der Waals surface area (Å²) in [5.41, 5.74) is 31.1. The molecule has 0 fully saturated rings. The number of nitrogens with two attached hydrogens (primary N) is 5. The van der Waals surface area contributed by atoms with Gasteiger partial charge in [-0.1, -0.05) is 30.3 Å². The van der Waals surface area contributed by atoms with Crippen LogP contribution in [0.2, 0.25) is 0 Å². The van der Waals surface area contributed by atoms with Crippen molar-refractivity contribution in [1.82, 2.24) is 16.0 Å². The molecule has 4 atom stereocenters. The predicted octanol–water partition coefficient (Wildman–Crippen LogP) is 0.510. The highest BCUT2D eigenvalue weighted by molar-refractivity contribution is 5.94. The van der Waals surface area contributed by atoms with Crippen molar-refractivity contribution in [3.8, 4) is 5.75 Å². The first-order chi connectivity index (χ1) is 27.7. The Morgan fingerprint density at radius 1 is 0.700 bits per heavy atom. The molecule has 2 aromatic rings. The lowest BCUT2D eigenvalue weighted by molar-refractivity contribution is -0.193. The van der Waals surface area contributed by atoms with Crippen LogP contribution in [0.3, 0.4) is 0 Å². The summed E-state index contributed by atoms with van der Waals surface area (Å²) in [4.78, 5) is 74.4. The molecule has 0 radical (unpaired) electrons. The Balaban J connectivity index is 0.00000211. The number of carboxylic acid groups (broad SMARTS) is 2. The van der Waals surface area contributed by atoms with Crippen molar-refractivity contribution in [2.45, 2.75) is 95.3 Å². The second kappa shape index (κ2) is 26.0. The standard InChI is InChI=1S/C32H49N9O5.2C2HF3O2/c1-19-15-22(42)16-20(2)23(19)18-27(41-29(44)24(34)11-8-14-38-32(36)37)31(46)39-25(12-6-7-13-33)30(45)40-26(28(35)43)17-21-9-4-3-5-10-21;2*3-2(4,5)1(6)7/h3-5,9-10,15-16,24-27,42H,6-8,11-14,17-18,33-34H2,1-2H3,(H2,35,43)(H,39,46)(H,40,45)(H,41,44)(H4,36,37,38);2*(H,6,7). The normalized spacial score (nSPS) is 13.0. The number of amides is 4. The number of nitrogens with zero attached hydrogens (tertiary/aromatic N) is 1. The fourth-order valence-electron chi connectivity index (χ4n) is 5.01. The highest BCUT2D eigenvalue weighted by atomic mass is 19.4. The fourth-order valence-corrected chi connectivity index (χ4v) is 5.01. The third-order valence-corrected chi connectivity index (χ3v) is 8.03. The van der Waals surface area contributed by atoms with Gasteiger partial charge in [0, 0.05) is 19.4 Å². The molecular weight excluding hydrogens is 816 g/mol. The van der Waals surface area contributed by atoms with Gasteiger partial charge in [-0.25, -0.2) is 9.59 Å². The molecule has 18 nitrogen and oxygen atoms in total. The van der Waals surface area contributed by atoms with Gasteiger partial charge in [-0.2, -0.15) is 26.3 Å². The van der Waals surface area contributed by atoms with E-state index in [9.17, 15) is 50.6 Å². The highest BCUT2D eigenvalue weighted by Gasteiger charge is 2.39. The summed E-state index contributed by atoms with van der Waals surface area (Å²) in [6, 6.07) is 8.07. The van der Waals surface area contributed by atoms with E-state index in [0.717, 1.165) is 11.1 Å². The zero-order valence-electron chi connectivity index (χ0n) is 32.6. The summed E-state index contributed by atoms with van der Waals surface area (Å²) in [6.07, 6.45) is -7.89. The Labute approximate surface area is 340 Å². The Morgan fingerprint density at radius 3 is 1.62 bits per heavy atom. The van der Waals surface area contributed by atoms with Gasteiger partial charge in [0.15, 0.2) is 5.96 Å². The van der Waals surface area contributed by atoms with E-state index in [1.54, 1.807) is 26.0 Å². The number of phenolic OH excluding ortho intramolecular Hbond substituents is 1.